The molecule has 7 nitrogen and oxygen atoms in total. The molecular formula is C17H19N3O4. The second kappa shape index (κ2) is 7.08. The standard InChI is InChI=1S/C17H19N3O4/c1-17(2,8-11-4-6-12(24-3)7-5-11)20-15(21)13-9-19-14(10-18-13)16(22)23/h4-7,9-10H,8H2,1-3H3,(H,20,21)(H,22,23). The molecule has 0 spiro atoms. The minimum Gasteiger partial charge on any atom is -0.497 e. The van der Waals surface area contributed by atoms with Crippen LogP contribution >= 0.6 is 0 Å². The molecule has 2 N–H and O–H groups in total. The number of nitrogens with zero attached hydrogens (tertiary/aromatic N) is 2. The highest BCUT2D eigenvalue weighted by Crippen LogP contribution is 2.17. The van der Waals surface area contributed by atoms with Crippen LogP contribution in [0.15, 0.2) is 36.7 Å². The first-order valence-electron chi connectivity index (χ1n) is 7.31. The van der Waals surface area contributed by atoms with E-state index in [1.165, 1.54) is 0 Å². The maximum Gasteiger partial charge on any atom is 0.356 e. The summed E-state index contributed by atoms with van der Waals surface area (Å²) in [5, 5.41) is 11.7. The van der Waals surface area contributed by atoms with Crippen molar-refractivity contribution in [3.63, 3.8) is 0 Å². The molecule has 126 valence electrons. The van der Waals surface area contributed by atoms with Crippen LogP contribution in [-0.4, -0.2) is 39.6 Å². The number of carboxylic acid groups (broad SMARTS) is 1. The van der Waals surface area contributed by atoms with E-state index in [0.29, 0.717) is 6.42 Å². The largest absolute Gasteiger partial charge is 0.497 e. The second-order valence-electron chi connectivity index (χ2n) is 5.95. The summed E-state index contributed by atoms with van der Waals surface area (Å²) >= 11 is 0. The van der Waals surface area contributed by atoms with E-state index >= 15 is 0 Å². The molecular weight excluding hydrogens is 310 g/mol. The zero-order valence-electron chi connectivity index (χ0n) is 13.7. The third-order valence-corrected chi connectivity index (χ3v) is 3.36. The first-order valence-corrected chi connectivity index (χ1v) is 7.31. The molecule has 0 radical (unpaired) electrons. The van der Waals surface area contributed by atoms with Crippen molar-refractivity contribution in [3.05, 3.63) is 53.6 Å². The maximum absolute atomic E-state index is 12.3. The first kappa shape index (κ1) is 17.4. The van der Waals surface area contributed by atoms with E-state index in [4.69, 9.17) is 9.84 Å². The van der Waals surface area contributed by atoms with E-state index in [9.17, 15) is 9.59 Å². The van der Waals surface area contributed by atoms with E-state index in [0.717, 1.165) is 23.7 Å². The highest BCUT2D eigenvalue weighted by atomic mass is 16.5. The van der Waals surface area contributed by atoms with Gasteiger partial charge in [-0.15, -0.1) is 0 Å². The van der Waals surface area contributed by atoms with Gasteiger partial charge in [-0.2, -0.15) is 0 Å². The van der Waals surface area contributed by atoms with Gasteiger partial charge >= 0.3 is 5.97 Å². The van der Waals surface area contributed by atoms with E-state index in [1.807, 2.05) is 38.1 Å². The van der Waals surface area contributed by atoms with Crippen molar-refractivity contribution in [2.24, 2.45) is 0 Å². The van der Waals surface area contributed by atoms with Gasteiger partial charge < -0.3 is 15.2 Å². The molecule has 1 heterocycles. The van der Waals surface area contributed by atoms with Gasteiger partial charge in [0.1, 0.15) is 11.4 Å². The minimum absolute atomic E-state index is 0.0720. The molecule has 0 atom stereocenters. The number of nitrogens with one attached hydrogen (secondary N) is 1. The highest BCUT2D eigenvalue weighted by molar-refractivity contribution is 5.93. The van der Waals surface area contributed by atoms with Gasteiger partial charge in [-0.1, -0.05) is 12.1 Å². The van der Waals surface area contributed by atoms with Crippen molar-refractivity contribution in [3.8, 4) is 5.75 Å². The molecule has 0 saturated heterocycles. The fourth-order valence-electron chi connectivity index (χ4n) is 2.22. The Balaban J connectivity index is 2.03. The van der Waals surface area contributed by atoms with Gasteiger partial charge in [-0.3, -0.25) is 4.79 Å². The molecule has 2 aromatic rings. The summed E-state index contributed by atoms with van der Waals surface area (Å²) in [5.74, 6) is -0.818. The zero-order chi connectivity index (χ0) is 17.7. The molecule has 0 bridgehead atoms. The SMILES string of the molecule is COc1ccc(CC(C)(C)NC(=O)c2cnc(C(=O)O)cn2)cc1. The van der Waals surface area contributed by atoms with Crippen molar-refractivity contribution in [2.45, 2.75) is 25.8 Å². The monoisotopic (exact) mass is 329 g/mol. The van der Waals surface area contributed by atoms with Crippen molar-refractivity contribution in [1.29, 1.82) is 0 Å². The van der Waals surface area contributed by atoms with E-state index in [1.54, 1.807) is 7.11 Å². The summed E-state index contributed by atoms with van der Waals surface area (Å²) in [6.07, 6.45) is 2.83. The molecule has 1 aromatic carbocycles. The van der Waals surface area contributed by atoms with Crippen LogP contribution in [0.2, 0.25) is 0 Å². The molecule has 0 unspecified atom stereocenters. The summed E-state index contributed by atoms with van der Waals surface area (Å²) in [7, 11) is 1.61. The van der Waals surface area contributed by atoms with Gasteiger partial charge in [0.25, 0.3) is 5.91 Å². The lowest BCUT2D eigenvalue weighted by molar-refractivity contribution is 0.0688. The van der Waals surface area contributed by atoms with Gasteiger partial charge in [0.2, 0.25) is 0 Å². The lowest BCUT2D eigenvalue weighted by Crippen LogP contribution is -2.45. The van der Waals surface area contributed by atoms with E-state index < -0.39 is 17.4 Å². The number of hydrogen-bond donors (Lipinski definition) is 2. The number of carbonyl (C=O) groups is 2. The van der Waals surface area contributed by atoms with Crippen LogP contribution in [0, 0.1) is 0 Å². The molecule has 0 saturated carbocycles. The van der Waals surface area contributed by atoms with Crippen LogP contribution in [-0.2, 0) is 6.42 Å². The normalized spacial score (nSPS) is 11.0. The minimum atomic E-state index is -1.19. The van der Waals surface area contributed by atoms with Crippen LogP contribution in [0.3, 0.4) is 0 Å². The highest BCUT2D eigenvalue weighted by Gasteiger charge is 2.23. The van der Waals surface area contributed by atoms with E-state index in [-0.39, 0.29) is 11.4 Å². The number of ether oxygens (including phenoxy) is 1. The molecule has 0 aliphatic heterocycles. The Morgan fingerprint density at radius 1 is 1.12 bits per heavy atom. The van der Waals surface area contributed by atoms with Crippen molar-refractivity contribution in [1.82, 2.24) is 15.3 Å². The molecule has 2 rings (SSSR count). The molecule has 0 fully saturated rings. The molecule has 7 heteroatoms. The Bertz CT molecular complexity index is 725. The van der Waals surface area contributed by atoms with Crippen LogP contribution in [0.4, 0.5) is 0 Å². The third kappa shape index (κ3) is 4.52. The fourth-order valence-corrected chi connectivity index (χ4v) is 2.22. The van der Waals surface area contributed by atoms with Crippen molar-refractivity contribution in [2.75, 3.05) is 7.11 Å². The topological polar surface area (TPSA) is 101 Å². The summed E-state index contributed by atoms with van der Waals surface area (Å²) in [4.78, 5) is 30.5. The quantitative estimate of drug-likeness (QED) is 0.840. The number of carboxylic acids is 1. The second-order valence-corrected chi connectivity index (χ2v) is 5.95. The molecule has 24 heavy (non-hydrogen) atoms. The van der Waals surface area contributed by atoms with Gasteiger partial charge in [0, 0.05) is 5.54 Å². The van der Waals surface area contributed by atoms with Crippen LogP contribution in [0.5, 0.6) is 5.75 Å². The summed E-state index contributed by atoms with van der Waals surface area (Å²) < 4.78 is 5.12. The maximum atomic E-state index is 12.3. The molecule has 1 aromatic heterocycles. The number of aromatic carboxylic acids is 1. The van der Waals surface area contributed by atoms with E-state index in [2.05, 4.69) is 15.3 Å². The number of methoxy groups -OCH3 is 1. The predicted molar refractivity (Wildman–Crippen MR) is 87.2 cm³/mol. The number of carbonyl (C=O) groups excluding carboxylic acids is 1. The molecule has 0 aliphatic carbocycles. The van der Waals surface area contributed by atoms with Crippen LogP contribution in [0.25, 0.3) is 0 Å². The summed E-state index contributed by atoms with van der Waals surface area (Å²) in [6.45, 7) is 3.79. The van der Waals surface area contributed by atoms with Gasteiger partial charge in [-0.05, 0) is 38.0 Å². The number of rotatable bonds is 6. The average molecular weight is 329 g/mol. The third-order valence-electron chi connectivity index (χ3n) is 3.36. The molecule has 1 amide bonds. The van der Waals surface area contributed by atoms with Crippen LogP contribution < -0.4 is 10.1 Å². The first-order chi connectivity index (χ1) is 11.3. The Labute approximate surface area is 139 Å². The zero-order valence-corrected chi connectivity index (χ0v) is 13.7. The Kier molecular flexibility index (Phi) is 5.13. The Morgan fingerprint density at radius 2 is 1.71 bits per heavy atom. The summed E-state index contributed by atoms with van der Waals surface area (Å²) in [5.41, 5.74) is 0.402. The predicted octanol–water partition coefficient (Wildman–Crippen LogP) is 1.93. The average Bonchev–Trinajstić information content (AvgIpc) is 2.54. The number of aromatic nitrogens is 2. The number of amides is 1. The summed E-state index contributed by atoms with van der Waals surface area (Å²) in [6, 6.07) is 7.61. The van der Waals surface area contributed by atoms with Gasteiger partial charge in [0.05, 0.1) is 19.5 Å². The van der Waals surface area contributed by atoms with Gasteiger partial charge in [0.15, 0.2) is 5.69 Å². The van der Waals surface area contributed by atoms with Crippen molar-refractivity contribution >= 4 is 11.9 Å². The van der Waals surface area contributed by atoms with Gasteiger partial charge in [-0.25, -0.2) is 14.8 Å². The molecule has 0 aliphatic rings. The lowest BCUT2D eigenvalue weighted by atomic mass is 9.94. The van der Waals surface area contributed by atoms with Crippen LogP contribution in [0.1, 0.15) is 40.4 Å². The Hall–Kier alpha value is -2.96. The fraction of sp³-hybridized carbons (Fsp3) is 0.294. The smallest absolute Gasteiger partial charge is 0.356 e. The Morgan fingerprint density at radius 3 is 2.21 bits per heavy atom. The number of benzene rings is 1. The number of hydrogen-bond acceptors (Lipinski definition) is 5. The lowest BCUT2D eigenvalue weighted by Gasteiger charge is -2.26. The van der Waals surface area contributed by atoms with Crippen molar-refractivity contribution < 1.29 is 19.4 Å².